The zero-order valence-corrected chi connectivity index (χ0v) is 25.5. The second-order valence-electron chi connectivity index (χ2n) is 11.9. The number of amides is 2. The van der Waals surface area contributed by atoms with E-state index in [0.717, 1.165) is 0 Å². The van der Waals surface area contributed by atoms with Crippen molar-refractivity contribution in [3.63, 3.8) is 0 Å². The van der Waals surface area contributed by atoms with E-state index in [1.54, 1.807) is 54.6 Å². The molecule has 0 bridgehead atoms. The van der Waals surface area contributed by atoms with Gasteiger partial charge in [0, 0.05) is 31.0 Å². The minimum Gasteiger partial charge on any atom is -0.460 e. The molecule has 1 N–H and O–H groups in total. The summed E-state index contributed by atoms with van der Waals surface area (Å²) in [6, 6.07) is 15.7. The number of para-hydroxylation sites is 1. The molecule has 0 spiro atoms. The van der Waals surface area contributed by atoms with Crippen molar-refractivity contribution in [2.45, 2.75) is 83.4 Å². The van der Waals surface area contributed by atoms with E-state index in [4.69, 9.17) is 4.74 Å². The number of esters is 1. The fraction of sp³-hybridized carbons (Fsp3) is 0.500. The molecule has 0 aromatic heterocycles. The molecule has 0 aliphatic carbocycles. The van der Waals surface area contributed by atoms with Crippen LogP contribution in [0.25, 0.3) is 0 Å². The Morgan fingerprint density at radius 3 is 1.96 bits per heavy atom. The highest BCUT2D eigenvalue weighted by atomic mass is 19.4. The van der Waals surface area contributed by atoms with Gasteiger partial charge in [-0.25, -0.2) is 4.99 Å². The number of benzene rings is 2. The molecule has 0 saturated carbocycles. The number of benzodiazepines with no additional fused rings is 1. The smallest absolute Gasteiger partial charge is 0.389 e. The summed E-state index contributed by atoms with van der Waals surface area (Å²) in [5, 5.41) is 2.50. The lowest BCUT2D eigenvalue weighted by atomic mass is 9.83. The van der Waals surface area contributed by atoms with Gasteiger partial charge in [-0.3, -0.25) is 14.4 Å². The summed E-state index contributed by atoms with van der Waals surface area (Å²) in [6.07, 6.45) is -15.3. The molecule has 2 amide bonds. The second kappa shape index (κ2) is 14.5. The molecule has 3 atom stereocenters. The van der Waals surface area contributed by atoms with Gasteiger partial charge in [-0.05, 0) is 52.5 Å². The van der Waals surface area contributed by atoms with Crippen LogP contribution in [0.5, 0.6) is 0 Å². The van der Waals surface area contributed by atoms with Crippen molar-refractivity contribution in [3.8, 4) is 0 Å². The third kappa shape index (κ3) is 10.6. The molecular formula is C32H37F6N3O4. The van der Waals surface area contributed by atoms with Crippen LogP contribution in [0.1, 0.15) is 70.4 Å². The summed E-state index contributed by atoms with van der Waals surface area (Å²) in [5.74, 6) is -5.71. The van der Waals surface area contributed by atoms with E-state index in [-0.39, 0.29) is 0 Å². The minimum absolute atomic E-state index is 0.358. The molecule has 0 unspecified atom stereocenters. The van der Waals surface area contributed by atoms with Gasteiger partial charge in [-0.1, -0.05) is 48.5 Å². The van der Waals surface area contributed by atoms with Crippen LogP contribution < -0.4 is 10.2 Å². The van der Waals surface area contributed by atoms with Crippen LogP contribution in [0.2, 0.25) is 0 Å². The van der Waals surface area contributed by atoms with Crippen LogP contribution >= 0.6 is 0 Å². The number of ether oxygens (including phenoxy) is 1. The number of carbonyl (C=O) groups excluding carboxylic acids is 3. The molecule has 1 aliphatic heterocycles. The first-order valence-electron chi connectivity index (χ1n) is 14.5. The van der Waals surface area contributed by atoms with Crippen molar-refractivity contribution in [3.05, 3.63) is 65.7 Å². The molecule has 45 heavy (non-hydrogen) atoms. The summed E-state index contributed by atoms with van der Waals surface area (Å²) in [6.45, 7) is 4.57. The van der Waals surface area contributed by atoms with E-state index in [0.29, 0.717) is 22.5 Å². The maximum atomic E-state index is 13.9. The van der Waals surface area contributed by atoms with Crippen molar-refractivity contribution in [1.29, 1.82) is 0 Å². The van der Waals surface area contributed by atoms with E-state index < -0.39 is 92.3 Å². The number of alkyl halides is 6. The number of anilines is 1. The van der Waals surface area contributed by atoms with Gasteiger partial charge in [-0.15, -0.1) is 0 Å². The number of fused-ring (bicyclic) bond motifs is 1. The number of nitrogens with zero attached hydrogens (tertiary/aromatic N) is 2. The number of aliphatic imine (C=N–C) groups is 1. The average molecular weight is 642 g/mol. The lowest BCUT2D eigenvalue weighted by Gasteiger charge is -2.30. The highest BCUT2D eigenvalue weighted by Gasteiger charge is 2.40. The first-order valence-corrected chi connectivity index (χ1v) is 14.5. The standard InChI is InChI=1S/C32H37F6N3O4/c1-30(2,3)45-29(44)22(16-11-19-32(36,37)38)21(15-10-18-31(33,34)35)27(42)40-26-28(43)41(4)24-17-9-8-14-23(24)25(39-26)20-12-6-5-7-13-20/h5-9,12-14,17,21-22,26H,10-11,15-16,18-19H2,1-4H3,(H,40,42)/t21-,22-,26-/m1/s1. The van der Waals surface area contributed by atoms with Gasteiger partial charge in [0.25, 0.3) is 5.91 Å². The van der Waals surface area contributed by atoms with Gasteiger partial charge in [0.1, 0.15) is 5.60 Å². The predicted octanol–water partition coefficient (Wildman–Crippen LogP) is 6.98. The van der Waals surface area contributed by atoms with Crippen molar-refractivity contribution in [2.75, 3.05) is 11.9 Å². The summed E-state index contributed by atoms with van der Waals surface area (Å²) in [5.41, 5.74) is 0.955. The van der Waals surface area contributed by atoms with Gasteiger partial charge < -0.3 is 15.0 Å². The first kappa shape index (κ1) is 35.6. The van der Waals surface area contributed by atoms with E-state index >= 15 is 0 Å². The average Bonchev–Trinajstić information content (AvgIpc) is 3.03. The van der Waals surface area contributed by atoms with Gasteiger partial charge in [-0.2, -0.15) is 26.3 Å². The Bertz CT molecular complexity index is 1370. The summed E-state index contributed by atoms with van der Waals surface area (Å²) in [4.78, 5) is 46.6. The Kier molecular flexibility index (Phi) is 11.4. The fourth-order valence-electron chi connectivity index (χ4n) is 5.10. The van der Waals surface area contributed by atoms with Gasteiger partial charge in [0.15, 0.2) is 0 Å². The lowest BCUT2D eigenvalue weighted by molar-refractivity contribution is -0.166. The molecule has 0 radical (unpaired) electrons. The Hall–Kier alpha value is -3.90. The third-order valence-electron chi connectivity index (χ3n) is 7.15. The number of hydrogen-bond donors (Lipinski definition) is 1. The molecule has 7 nitrogen and oxygen atoms in total. The maximum Gasteiger partial charge on any atom is 0.389 e. The molecule has 0 fully saturated rings. The minimum atomic E-state index is -4.57. The largest absolute Gasteiger partial charge is 0.460 e. The summed E-state index contributed by atoms with van der Waals surface area (Å²) in [7, 11) is 1.48. The zero-order chi connectivity index (χ0) is 33.6. The SMILES string of the molecule is CN1C(=O)[C@@H](NC(=O)[C@H](CCCC(F)(F)F)[C@@H](CCCC(F)(F)F)C(=O)OC(C)(C)C)N=C(c2ccccc2)c2ccccc21. The maximum absolute atomic E-state index is 13.9. The molecule has 1 heterocycles. The van der Waals surface area contributed by atoms with Crippen molar-refractivity contribution in [1.82, 2.24) is 5.32 Å². The monoisotopic (exact) mass is 641 g/mol. The van der Waals surface area contributed by atoms with E-state index in [1.807, 2.05) is 0 Å². The number of likely N-dealkylation sites (N-methyl/N-ethyl adjacent to an activating group) is 1. The van der Waals surface area contributed by atoms with Crippen LogP contribution in [-0.4, -0.2) is 54.7 Å². The Balaban J connectivity index is 2.02. The third-order valence-corrected chi connectivity index (χ3v) is 7.15. The Morgan fingerprint density at radius 2 is 1.40 bits per heavy atom. The molecule has 246 valence electrons. The van der Waals surface area contributed by atoms with Crippen LogP contribution in [-0.2, 0) is 19.1 Å². The lowest BCUT2D eigenvalue weighted by Crippen LogP contribution is -2.50. The first-order chi connectivity index (χ1) is 20.9. The summed E-state index contributed by atoms with van der Waals surface area (Å²) < 4.78 is 83.7. The molecule has 0 saturated heterocycles. The highest BCUT2D eigenvalue weighted by Crippen LogP contribution is 2.33. The zero-order valence-electron chi connectivity index (χ0n) is 25.5. The topological polar surface area (TPSA) is 88.1 Å². The molecule has 2 aromatic rings. The van der Waals surface area contributed by atoms with Crippen molar-refractivity contribution < 1.29 is 45.5 Å². The molecule has 3 rings (SSSR count). The number of halogens is 6. The van der Waals surface area contributed by atoms with Gasteiger partial charge in [0.05, 0.1) is 23.2 Å². The highest BCUT2D eigenvalue weighted by molar-refractivity contribution is 6.20. The Morgan fingerprint density at radius 1 is 0.867 bits per heavy atom. The van der Waals surface area contributed by atoms with E-state index in [9.17, 15) is 40.7 Å². The van der Waals surface area contributed by atoms with Crippen LogP contribution in [0.3, 0.4) is 0 Å². The summed E-state index contributed by atoms with van der Waals surface area (Å²) >= 11 is 0. The van der Waals surface area contributed by atoms with Crippen LogP contribution in [0, 0.1) is 11.8 Å². The second-order valence-corrected chi connectivity index (χ2v) is 11.9. The molecule has 13 heteroatoms. The molecular weight excluding hydrogens is 604 g/mol. The van der Waals surface area contributed by atoms with Crippen LogP contribution in [0.4, 0.5) is 32.0 Å². The van der Waals surface area contributed by atoms with Gasteiger partial charge >= 0.3 is 18.3 Å². The van der Waals surface area contributed by atoms with E-state index in [1.165, 1.54) is 32.7 Å². The predicted molar refractivity (Wildman–Crippen MR) is 157 cm³/mol. The number of carbonyl (C=O) groups is 3. The van der Waals surface area contributed by atoms with Crippen molar-refractivity contribution in [2.24, 2.45) is 16.8 Å². The molecule has 2 aromatic carbocycles. The van der Waals surface area contributed by atoms with E-state index in [2.05, 4.69) is 10.3 Å². The normalized spacial score (nSPS) is 17.1. The fourth-order valence-corrected chi connectivity index (χ4v) is 5.10. The number of rotatable bonds is 11. The van der Waals surface area contributed by atoms with Crippen LogP contribution in [0.15, 0.2) is 59.6 Å². The van der Waals surface area contributed by atoms with Gasteiger partial charge in [0.2, 0.25) is 12.1 Å². The molecule has 1 aliphatic rings. The van der Waals surface area contributed by atoms with Crippen molar-refractivity contribution >= 4 is 29.2 Å². The quantitative estimate of drug-likeness (QED) is 0.212. The number of hydrogen-bond acceptors (Lipinski definition) is 5. The Labute approximate surface area is 258 Å². The number of nitrogens with one attached hydrogen (secondary N) is 1.